The van der Waals surface area contributed by atoms with Crippen LogP contribution in [0.15, 0.2) is 36.5 Å². The molecule has 0 saturated heterocycles. The Hall–Kier alpha value is -2.07. The van der Waals surface area contributed by atoms with Crippen molar-refractivity contribution in [3.63, 3.8) is 0 Å². The van der Waals surface area contributed by atoms with Crippen LogP contribution in [0.5, 0.6) is 5.75 Å². The van der Waals surface area contributed by atoms with Gasteiger partial charge in [-0.3, -0.25) is 5.10 Å². The van der Waals surface area contributed by atoms with Crippen molar-refractivity contribution in [1.82, 2.24) is 15.2 Å². The second kappa shape index (κ2) is 4.31. The molecule has 0 aliphatic carbocycles. The molecule has 0 amide bonds. The monoisotopic (exact) mass is 259 g/mol. The molecule has 18 heavy (non-hydrogen) atoms. The van der Waals surface area contributed by atoms with Gasteiger partial charge < -0.3 is 4.74 Å². The third-order valence-corrected chi connectivity index (χ3v) is 3.04. The van der Waals surface area contributed by atoms with E-state index in [1.165, 1.54) is 0 Å². The van der Waals surface area contributed by atoms with E-state index in [1.807, 2.05) is 30.3 Å². The first kappa shape index (κ1) is 11.0. The molecule has 0 saturated carbocycles. The van der Waals surface area contributed by atoms with E-state index >= 15 is 0 Å². The lowest BCUT2D eigenvalue weighted by Crippen LogP contribution is -1.87. The number of hydrogen-bond acceptors (Lipinski definition) is 3. The fraction of sp³-hybridized carbons (Fsp3) is 0.0769. The minimum atomic E-state index is 0.573. The molecule has 0 bridgehead atoms. The summed E-state index contributed by atoms with van der Waals surface area (Å²) in [6, 6.07) is 9.48. The van der Waals surface area contributed by atoms with Gasteiger partial charge in [0.25, 0.3) is 0 Å². The zero-order chi connectivity index (χ0) is 12.5. The second-order valence-electron chi connectivity index (χ2n) is 3.85. The molecule has 0 unspecified atom stereocenters. The van der Waals surface area contributed by atoms with Crippen molar-refractivity contribution < 1.29 is 4.74 Å². The molecule has 0 aliphatic heterocycles. The van der Waals surface area contributed by atoms with Gasteiger partial charge in [0.15, 0.2) is 0 Å². The Morgan fingerprint density at radius 2 is 2.11 bits per heavy atom. The van der Waals surface area contributed by atoms with E-state index in [1.54, 1.807) is 13.3 Å². The molecule has 1 aromatic carbocycles. The molecule has 0 spiro atoms. The number of nitrogens with zero attached hydrogens (tertiary/aromatic N) is 2. The minimum Gasteiger partial charge on any atom is -0.495 e. The Bertz CT molecular complexity index is 708. The molecule has 1 N–H and O–H groups in total. The molecule has 0 radical (unpaired) electrons. The number of H-pyrrole nitrogens is 1. The van der Waals surface area contributed by atoms with E-state index in [-0.39, 0.29) is 0 Å². The van der Waals surface area contributed by atoms with E-state index in [2.05, 4.69) is 15.2 Å². The number of nitrogens with one attached hydrogen (secondary N) is 1. The summed E-state index contributed by atoms with van der Waals surface area (Å²) in [5.41, 5.74) is 3.55. The van der Waals surface area contributed by atoms with Crippen LogP contribution in [0.3, 0.4) is 0 Å². The summed E-state index contributed by atoms with van der Waals surface area (Å²) in [5.74, 6) is 0.657. The lowest BCUT2D eigenvalue weighted by molar-refractivity contribution is 0.415. The van der Waals surface area contributed by atoms with Gasteiger partial charge in [-0.2, -0.15) is 5.10 Å². The summed E-state index contributed by atoms with van der Waals surface area (Å²) in [5, 5.41) is 7.39. The maximum Gasteiger partial charge on any atom is 0.137 e. The van der Waals surface area contributed by atoms with E-state index in [9.17, 15) is 0 Å². The Balaban J connectivity index is 2.10. The fourth-order valence-electron chi connectivity index (χ4n) is 1.82. The van der Waals surface area contributed by atoms with Crippen LogP contribution in [0.25, 0.3) is 22.3 Å². The summed E-state index contributed by atoms with van der Waals surface area (Å²) in [6.45, 7) is 0. The number of benzene rings is 1. The number of hydrogen-bond donors (Lipinski definition) is 1. The van der Waals surface area contributed by atoms with Gasteiger partial charge in [0.05, 0.1) is 29.5 Å². The van der Waals surface area contributed by atoms with Crippen molar-refractivity contribution in [2.75, 3.05) is 7.11 Å². The standard InChI is InChI=1S/C13H10ClN3O/c1-18-13-5-2-8(6-9(13)14)10-3-4-11-12(16-10)7-15-17-11/h2-7H,1H3,(H,15,17). The highest BCUT2D eigenvalue weighted by molar-refractivity contribution is 6.32. The summed E-state index contributed by atoms with van der Waals surface area (Å²) in [4.78, 5) is 4.51. The molecule has 4 nitrogen and oxygen atoms in total. The fourth-order valence-corrected chi connectivity index (χ4v) is 2.07. The SMILES string of the molecule is COc1ccc(-c2ccc3[nH]ncc3n2)cc1Cl. The van der Waals surface area contributed by atoms with Gasteiger partial charge in [-0.15, -0.1) is 0 Å². The second-order valence-corrected chi connectivity index (χ2v) is 4.26. The lowest BCUT2D eigenvalue weighted by atomic mass is 10.1. The van der Waals surface area contributed by atoms with E-state index in [0.717, 1.165) is 22.3 Å². The molecule has 2 heterocycles. The number of aromatic nitrogens is 3. The Morgan fingerprint density at radius 1 is 1.22 bits per heavy atom. The van der Waals surface area contributed by atoms with Gasteiger partial charge >= 0.3 is 0 Å². The number of pyridine rings is 1. The largest absolute Gasteiger partial charge is 0.495 e. The average molecular weight is 260 g/mol. The molecular formula is C13H10ClN3O. The molecule has 3 rings (SSSR count). The van der Waals surface area contributed by atoms with Crippen molar-refractivity contribution >= 4 is 22.6 Å². The number of halogens is 1. The molecule has 0 atom stereocenters. The van der Waals surface area contributed by atoms with Gasteiger partial charge in [-0.05, 0) is 30.3 Å². The highest BCUT2D eigenvalue weighted by atomic mass is 35.5. The summed E-state index contributed by atoms with van der Waals surface area (Å²) < 4.78 is 5.13. The van der Waals surface area contributed by atoms with Crippen molar-refractivity contribution in [1.29, 1.82) is 0 Å². The lowest BCUT2D eigenvalue weighted by Gasteiger charge is -2.05. The van der Waals surface area contributed by atoms with Crippen LogP contribution < -0.4 is 4.74 Å². The van der Waals surface area contributed by atoms with Gasteiger partial charge in [-0.25, -0.2) is 4.98 Å². The maximum absolute atomic E-state index is 6.11. The number of methoxy groups -OCH3 is 1. The zero-order valence-electron chi connectivity index (χ0n) is 9.64. The average Bonchev–Trinajstić information content (AvgIpc) is 2.85. The number of ether oxygens (including phenoxy) is 1. The maximum atomic E-state index is 6.11. The van der Waals surface area contributed by atoms with Crippen LogP contribution in [0.4, 0.5) is 0 Å². The summed E-state index contributed by atoms with van der Waals surface area (Å²) in [7, 11) is 1.59. The number of aromatic amines is 1. The normalized spacial score (nSPS) is 10.8. The predicted octanol–water partition coefficient (Wildman–Crippen LogP) is 3.29. The minimum absolute atomic E-state index is 0.573. The third kappa shape index (κ3) is 1.80. The van der Waals surface area contributed by atoms with Crippen LogP contribution in [0, 0.1) is 0 Å². The topological polar surface area (TPSA) is 50.8 Å². The number of rotatable bonds is 2. The quantitative estimate of drug-likeness (QED) is 0.768. The van der Waals surface area contributed by atoms with Gasteiger partial charge in [0, 0.05) is 5.56 Å². The smallest absolute Gasteiger partial charge is 0.137 e. The third-order valence-electron chi connectivity index (χ3n) is 2.74. The molecular weight excluding hydrogens is 250 g/mol. The Labute approximate surface area is 109 Å². The van der Waals surface area contributed by atoms with E-state index < -0.39 is 0 Å². The van der Waals surface area contributed by atoms with Crippen LogP contribution in [-0.2, 0) is 0 Å². The van der Waals surface area contributed by atoms with Gasteiger partial charge in [0.2, 0.25) is 0 Å². The summed E-state index contributed by atoms with van der Waals surface area (Å²) in [6.07, 6.45) is 1.70. The van der Waals surface area contributed by atoms with Crippen LogP contribution in [-0.4, -0.2) is 22.3 Å². The predicted molar refractivity (Wildman–Crippen MR) is 70.9 cm³/mol. The van der Waals surface area contributed by atoms with Crippen molar-refractivity contribution in [2.24, 2.45) is 0 Å². The van der Waals surface area contributed by atoms with Crippen LogP contribution >= 0.6 is 11.6 Å². The van der Waals surface area contributed by atoms with Crippen molar-refractivity contribution in [3.05, 3.63) is 41.6 Å². The highest BCUT2D eigenvalue weighted by Crippen LogP contribution is 2.29. The Morgan fingerprint density at radius 3 is 2.89 bits per heavy atom. The van der Waals surface area contributed by atoms with E-state index in [0.29, 0.717) is 10.8 Å². The van der Waals surface area contributed by atoms with Crippen LogP contribution in [0.2, 0.25) is 5.02 Å². The molecule has 0 aliphatic rings. The molecule has 5 heteroatoms. The molecule has 90 valence electrons. The molecule has 2 aromatic heterocycles. The van der Waals surface area contributed by atoms with Gasteiger partial charge in [0.1, 0.15) is 11.3 Å². The molecule has 0 fully saturated rings. The van der Waals surface area contributed by atoms with Gasteiger partial charge in [-0.1, -0.05) is 11.6 Å². The first-order valence-corrected chi connectivity index (χ1v) is 5.80. The first-order chi connectivity index (χ1) is 8.78. The zero-order valence-corrected chi connectivity index (χ0v) is 10.4. The first-order valence-electron chi connectivity index (χ1n) is 5.42. The van der Waals surface area contributed by atoms with Crippen molar-refractivity contribution in [3.8, 4) is 17.0 Å². The highest BCUT2D eigenvalue weighted by Gasteiger charge is 2.06. The summed E-state index contributed by atoms with van der Waals surface area (Å²) >= 11 is 6.11. The van der Waals surface area contributed by atoms with Crippen molar-refractivity contribution in [2.45, 2.75) is 0 Å². The molecule has 3 aromatic rings. The Kier molecular flexibility index (Phi) is 2.64. The van der Waals surface area contributed by atoms with E-state index in [4.69, 9.17) is 16.3 Å². The number of fused-ring (bicyclic) bond motifs is 1. The van der Waals surface area contributed by atoms with Crippen LogP contribution in [0.1, 0.15) is 0 Å².